The van der Waals surface area contributed by atoms with Gasteiger partial charge in [-0.25, -0.2) is 0 Å². The minimum Gasteiger partial charge on any atom is -0.379 e. The normalized spacial score (nSPS) is 21.3. The third-order valence-corrected chi connectivity index (χ3v) is 5.41. The zero-order valence-corrected chi connectivity index (χ0v) is 18.1. The Labute approximate surface area is 178 Å². The molecule has 1 aromatic carbocycles. The van der Waals surface area contributed by atoms with Crippen LogP contribution in [0.3, 0.4) is 0 Å². The molecule has 0 amide bonds. The number of hydrogen-bond acceptors (Lipinski definition) is 4. The molecule has 6 nitrogen and oxygen atoms in total. The maximum atomic E-state index is 5.48. The van der Waals surface area contributed by atoms with Gasteiger partial charge >= 0.3 is 0 Å². The van der Waals surface area contributed by atoms with E-state index in [4.69, 9.17) is 4.74 Å². The second-order valence-electron chi connectivity index (χ2n) is 6.92. The van der Waals surface area contributed by atoms with E-state index in [0.29, 0.717) is 12.6 Å². The van der Waals surface area contributed by atoms with Gasteiger partial charge in [-0.1, -0.05) is 24.3 Å². The quantitative estimate of drug-likeness (QED) is 0.415. The molecular formula is C20H28IN5O. The molecule has 0 spiro atoms. The van der Waals surface area contributed by atoms with Gasteiger partial charge in [-0.15, -0.1) is 24.0 Å². The van der Waals surface area contributed by atoms with Crippen LogP contribution >= 0.6 is 24.0 Å². The number of rotatable bonds is 3. The number of fused-ring (bicyclic) bond motifs is 1. The Morgan fingerprint density at radius 2 is 2.04 bits per heavy atom. The predicted octanol–water partition coefficient (Wildman–Crippen LogP) is 2.33. The van der Waals surface area contributed by atoms with E-state index in [1.54, 1.807) is 0 Å². The fourth-order valence-electron chi connectivity index (χ4n) is 3.99. The molecule has 1 N–H and O–H groups in total. The number of aliphatic imine (C=N–C) groups is 1. The lowest BCUT2D eigenvalue weighted by molar-refractivity contribution is 0.0195. The van der Waals surface area contributed by atoms with E-state index < -0.39 is 0 Å². The van der Waals surface area contributed by atoms with Gasteiger partial charge in [0.25, 0.3) is 0 Å². The van der Waals surface area contributed by atoms with E-state index in [9.17, 15) is 0 Å². The second kappa shape index (κ2) is 9.66. The summed E-state index contributed by atoms with van der Waals surface area (Å²) < 4.78 is 5.48. The van der Waals surface area contributed by atoms with Gasteiger partial charge in [0.2, 0.25) is 0 Å². The highest BCUT2D eigenvalue weighted by atomic mass is 127. The van der Waals surface area contributed by atoms with Crippen molar-refractivity contribution in [3.63, 3.8) is 0 Å². The molecule has 3 heterocycles. The first-order valence-electron chi connectivity index (χ1n) is 9.45. The minimum atomic E-state index is 0. The number of nitrogens with zero attached hydrogens (tertiary/aromatic N) is 4. The molecule has 1 atom stereocenters. The number of pyridine rings is 1. The molecule has 7 heteroatoms. The van der Waals surface area contributed by atoms with Crippen molar-refractivity contribution >= 4 is 40.7 Å². The highest BCUT2D eigenvalue weighted by molar-refractivity contribution is 14.0. The Hall–Kier alpha value is -1.45. The molecule has 27 heavy (non-hydrogen) atoms. The maximum absolute atomic E-state index is 5.48. The first-order chi connectivity index (χ1) is 12.8. The largest absolute Gasteiger partial charge is 0.379 e. The summed E-state index contributed by atoms with van der Waals surface area (Å²) in [6.45, 7) is 6.57. The smallest absolute Gasteiger partial charge is 0.194 e. The Morgan fingerprint density at radius 1 is 1.22 bits per heavy atom. The summed E-state index contributed by atoms with van der Waals surface area (Å²) in [5.74, 6) is 0.968. The molecule has 2 saturated heterocycles. The summed E-state index contributed by atoms with van der Waals surface area (Å²) in [7, 11) is 1.86. The molecule has 1 unspecified atom stereocenters. The number of halogens is 1. The molecule has 2 aliphatic rings. The van der Waals surface area contributed by atoms with E-state index in [1.807, 2.05) is 13.2 Å². The molecule has 2 fully saturated rings. The zero-order valence-electron chi connectivity index (χ0n) is 15.8. The van der Waals surface area contributed by atoms with Crippen molar-refractivity contribution in [2.45, 2.75) is 19.0 Å². The Bertz CT molecular complexity index is 773. The number of morpholine rings is 1. The lowest BCUT2D eigenvalue weighted by atomic mass is 10.1. The maximum Gasteiger partial charge on any atom is 0.194 e. The number of benzene rings is 1. The van der Waals surface area contributed by atoms with E-state index >= 15 is 0 Å². The van der Waals surface area contributed by atoms with Gasteiger partial charge < -0.3 is 15.0 Å². The fraction of sp³-hybridized carbons (Fsp3) is 0.500. The van der Waals surface area contributed by atoms with Gasteiger partial charge in [-0.3, -0.25) is 14.9 Å². The average molecular weight is 481 g/mol. The van der Waals surface area contributed by atoms with Gasteiger partial charge in [0.05, 0.1) is 25.5 Å². The van der Waals surface area contributed by atoms with Gasteiger partial charge in [-0.2, -0.15) is 0 Å². The third kappa shape index (κ3) is 4.70. The Balaban J connectivity index is 0.00000210. The molecule has 0 aliphatic carbocycles. The van der Waals surface area contributed by atoms with Crippen molar-refractivity contribution in [2.24, 2.45) is 4.99 Å². The van der Waals surface area contributed by atoms with Gasteiger partial charge in [0.15, 0.2) is 5.96 Å². The molecule has 2 aromatic rings. The van der Waals surface area contributed by atoms with Crippen LogP contribution in [0.5, 0.6) is 0 Å². The average Bonchev–Trinajstić information content (AvgIpc) is 3.19. The lowest BCUT2D eigenvalue weighted by Gasteiger charge is -2.32. The second-order valence-corrected chi connectivity index (χ2v) is 6.92. The molecule has 1 aromatic heterocycles. The molecular weight excluding hydrogens is 453 g/mol. The molecule has 2 aliphatic heterocycles. The fourth-order valence-corrected chi connectivity index (χ4v) is 3.99. The number of ether oxygens (including phenoxy) is 1. The van der Waals surface area contributed by atoms with Crippen molar-refractivity contribution in [3.05, 3.63) is 42.2 Å². The van der Waals surface area contributed by atoms with Crippen molar-refractivity contribution in [1.29, 1.82) is 0 Å². The van der Waals surface area contributed by atoms with Crippen LogP contribution in [-0.4, -0.2) is 73.2 Å². The van der Waals surface area contributed by atoms with Gasteiger partial charge in [-0.05, 0) is 17.9 Å². The van der Waals surface area contributed by atoms with Crippen molar-refractivity contribution in [3.8, 4) is 0 Å². The van der Waals surface area contributed by atoms with Crippen LogP contribution in [0.1, 0.15) is 12.1 Å². The summed E-state index contributed by atoms with van der Waals surface area (Å²) in [6, 6.07) is 11.0. The highest BCUT2D eigenvalue weighted by Gasteiger charge is 2.30. The van der Waals surface area contributed by atoms with E-state index in [0.717, 1.165) is 51.0 Å². The Morgan fingerprint density at radius 3 is 2.85 bits per heavy atom. The van der Waals surface area contributed by atoms with Crippen LogP contribution in [0.2, 0.25) is 0 Å². The zero-order chi connectivity index (χ0) is 17.8. The van der Waals surface area contributed by atoms with Crippen LogP contribution in [-0.2, 0) is 11.3 Å². The van der Waals surface area contributed by atoms with Crippen LogP contribution in [0.15, 0.2) is 41.5 Å². The van der Waals surface area contributed by atoms with Crippen molar-refractivity contribution < 1.29 is 4.74 Å². The molecule has 146 valence electrons. The summed E-state index contributed by atoms with van der Waals surface area (Å²) in [5.41, 5.74) is 1.06. The summed E-state index contributed by atoms with van der Waals surface area (Å²) in [5, 5.41) is 5.94. The third-order valence-electron chi connectivity index (χ3n) is 5.41. The minimum absolute atomic E-state index is 0. The van der Waals surface area contributed by atoms with E-state index in [1.165, 1.54) is 17.2 Å². The standard InChI is InChI=1S/C20H27N5O.HI/c1-21-20(25-9-7-17(15-25)24-10-12-26-13-11-24)23-14-19-18-5-3-2-4-16(18)6-8-22-19;/h2-6,8,17H,7,9-15H2,1H3,(H,21,23);1H. The van der Waals surface area contributed by atoms with E-state index in [-0.39, 0.29) is 24.0 Å². The lowest BCUT2D eigenvalue weighted by Crippen LogP contribution is -2.46. The van der Waals surface area contributed by atoms with Crippen LogP contribution < -0.4 is 5.32 Å². The van der Waals surface area contributed by atoms with Crippen molar-refractivity contribution in [2.75, 3.05) is 46.4 Å². The summed E-state index contributed by atoms with van der Waals surface area (Å²) >= 11 is 0. The van der Waals surface area contributed by atoms with E-state index in [2.05, 4.69) is 55.4 Å². The van der Waals surface area contributed by atoms with Crippen molar-refractivity contribution in [1.82, 2.24) is 20.1 Å². The monoisotopic (exact) mass is 481 g/mol. The molecule has 0 radical (unpaired) electrons. The van der Waals surface area contributed by atoms with Gasteiger partial charge in [0.1, 0.15) is 0 Å². The number of likely N-dealkylation sites (tertiary alicyclic amines) is 1. The Kier molecular flexibility index (Phi) is 7.26. The van der Waals surface area contributed by atoms with Crippen LogP contribution in [0.25, 0.3) is 10.8 Å². The summed E-state index contributed by atoms with van der Waals surface area (Å²) in [6.07, 6.45) is 3.07. The molecule has 0 saturated carbocycles. The first-order valence-corrected chi connectivity index (χ1v) is 9.45. The highest BCUT2D eigenvalue weighted by Crippen LogP contribution is 2.18. The van der Waals surface area contributed by atoms with Gasteiger partial charge in [0, 0.05) is 50.9 Å². The number of nitrogens with one attached hydrogen (secondary N) is 1. The predicted molar refractivity (Wildman–Crippen MR) is 120 cm³/mol. The number of aromatic nitrogens is 1. The first kappa shape index (κ1) is 20.3. The van der Waals surface area contributed by atoms with Crippen LogP contribution in [0.4, 0.5) is 0 Å². The topological polar surface area (TPSA) is 53.0 Å². The number of hydrogen-bond donors (Lipinski definition) is 1. The van der Waals surface area contributed by atoms with Crippen LogP contribution in [0, 0.1) is 0 Å². The molecule has 4 rings (SSSR count). The molecule has 0 bridgehead atoms. The summed E-state index contributed by atoms with van der Waals surface area (Å²) in [4.78, 5) is 14.0. The SMILES string of the molecule is CN=C(NCc1nccc2ccccc12)N1CCC(N2CCOCC2)C1.I. The number of guanidine groups is 1.